The van der Waals surface area contributed by atoms with Crippen molar-refractivity contribution in [2.45, 2.75) is 104 Å². The zero-order chi connectivity index (χ0) is 23.0. The van der Waals surface area contributed by atoms with E-state index in [-0.39, 0.29) is 0 Å². The summed E-state index contributed by atoms with van der Waals surface area (Å²) in [5.74, 6) is 2.14. The molecule has 0 spiro atoms. The van der Waals surface area contributed by atoms with Crippen LogP contribution in [0.2, 0.25) is 6.04 Å². The summed E-state index contributed by atoms with van der Waals surface area (Å²) < 4.78 is 5.95. The van der Waals surface area contributed by atoms with Crippen LogP contribution in [0.1, 0.15) is 97.6 Å². The van der Waals surface area contributed by atoms with E-state index in [0.29, 0.717) is 21.6 Å². The van der Waals surface area contributed by atoms with Gasteiger partial charge in [0.1, 0.15) is 0 Å². The predicted molar refractivity (Wildman–Crippen MR) is 136 cm³/mol. The first-order valence-corrected chi connectivity index (χ1v) is 13.9. The first-order chi connectivity index (χ1) is 15.6. The molecule has 5 heteroatoms. The van der Waals surface area contributed by atoms with Crippen LogP contribution in [-0.2, 0) is 6.42 Å². The monoisotopic (exact) mass is 453 g/mol. The average molecular weight is 454 g/mol. The summed E-state index contributed by atoms with van der Waals surface area (Å²) in [6.45, 7) is 9.24. The fourth-order valence-electron chi connectivity index (χ4n) is 3.80. The number of aromatic nitrogens is 3. The van der Waals surface area contributed by atoms with Gasteiger partial charge in [-0.25, -0.2) is 4.98 Å². The molecule has 2 rings (SSSR count). The van der Waals surface area contributed by atoms with Crippen LogP contribution >= 0.6 is 0 Å². The highest BCUT2D eigenvalue weighted by Gasteiger charge is 2.10. The molecular weight excluding hydrogens is 410 g/mol. The van der Waals surface area contributed by atoms with Crippen molar-refractivity contribution in [3.8, 4) is 17.1 Å². The van der Waals surface area contributed by atoms with Crippen molar-refractivity contribution >= 4 is 9.76 Å². The van der Waals surface area contributed by atoms with E-state index in [1.165, 1.54) is 64.2 Å². The minimum absolute atomic E-state index is 0.428. The van der Waals surface area contributed by atoms with E-state index in [1.807, 2.05) is 6.20 Å². The highest BCUT2D eigenvalue weighted by molar-refractivity contribution is 6.28. The fourth-order valence-corrected chi connectivity index (χ4v) is 4.61. The Morgan fingerprint density at radius 2 is 1.62 bits per heavy atom. The van der Waals surface area contributed by atoms with E-state index < -0.39 is 0 Å². The number of hydrogen-bond acceptors (Lipinski definition) is 4. The number of aryl methyl sites for hydroxylation is 1. The Bertz CT molecular complexity index is 738. The lowest BCUT2D eigenvalue weighted by Gasteiger charge is -2.15. The van der Waals surface area contributed by atoms with Crippen LogP contribution in [0, 0.1) is 11.8 Å². The van der Waals surface area contributed by atoms with Crippen molar-refractivity contribution in [3.63, 3.8) is 0 Å². The van der Waals surface area contributed by atoms with Crippen LogP contribution in [0.3, 0.4) is 0 Å². The molecule has 0 aliphatic rings. The van der Waals surface area contributed by atoms with Crippen molar-refractivity contribution in [3.05, 3.63) is 36.4 Å². The average Bonchev–Trinajstić information content (AvgIpc) is 2.82. The summed E-state index contributed by atoms with van der Waals surface area (Å²) in [4.78, 5) is 13.6. The minimum Gasteiger partial charge on any atom is -0.527 e. The standard InChI is InChI=1S/C27H43N3OSi/c1-5-7-9-10-11-13-25-17-16-24(18-29-25)26-19-28-20-27(30-26)31-32-21-23(4)15-14-22(3)12-8-6-2/h16-20,22-23H,5-15,21H2,1-4H3. The molecular formula is C27H43N3OSi. The minimum atomic E-state index is 0.428. The van der Waals surface area contributed by atoms with Crippen LogP contribution in [0.25, 0.3) is 11.3 Å². The molecule has 0 bridgehead atoms. The van der Waals surface area contributed by atoms with Crippen molar-refractivity contribution in [1.29, 1.82) is 0 Å². The van der Waals surface area contributed by atoms with E-state index in [0.717, 1.165) is 35.3 Å². The maximum atomic E-state index is 5.95. The molecule has 2 aromatic rings. The summed E-state index contributed by atoms with van der Waals surface area (Å²) in [6.07, 6.45) is 19.5. The van der Waals surface area contributed by atoms with E-state index >= 15 is 0 Å². The van der Waals surface area contributed by atoms with Crippen LogP contribution < -0.4 is 4.43 Å². The molecule has 0 aliphatic heterocycles. The fraction of sp³-hybridized carbons (Fsp3) is 0.667. The summed E-state index contributed by atoms with van der Waals surface area (Å²) in [7, 11) is 0.428. The van der Waals surface area contributed by atoms with Crippen LogP contribution in [-0.4, -0.2) is 24.7 Å². The van der Waals surface area contributed by atoms with Gasteiger partial charge in [0.25, 0.3) is 0 Å². The Hall–Kier alpha value is -1.75. The Balaban J connectivity index is 1.74. The molecule has 2 aromatic heterocycles. The molecule has 0 N–H and O–H groups in total. The number of nitrogens with zero attached hydrogens (tertiary/aromatic N) is 3. The number of unbranched alkanes of at least 4 members (excludes halogenated alkanes) is 5. The second-order valence-electron chi connectivity index (χ2n) is 9.33. The third-order valence-electron chi connectivity index (χ3n) is 6.08. The molecule has 0 aromatic carbocycles. The van der Waals surface area contributed by atoms with Gasteiger partial charge in [-0.2, -0.15) is 0 Å². The Morgan fingerprint density at radius 1 is 0.844 bits per heavy atom. The normalized spacial score (nSPS) is 13.1. The van der Waals surface area contributed by atoms with Gasteiger partial charge in [0.15, 0.2) is 0 Å². The molecule has 0 saturated carbocycles. The van der Waals surface area contributed by atoms with Crippen LogP contribution in [0.4, 0.5) is 0 Å². The van der Waals surface area contributed by atoms with Crippen LogP contribution in [0.5, 0.6) is 5.88 Å². The van der Waals surface area contributed by atoms with E-state index in [9.17, 15) is 0 Å². The summed E-state index contributed by atoms with van der Waals surface area (Å²) in [5.41, 5.74) is 2.98. The van der Waals surface area contributed by atoms with E-state index in [1.54, 1.807) is 12.4 Å². The maximum Gasteiger partial charge on any atom is 0.313 e. The van der Waals surface area contributed by atoms with Gasteiger partial charge in [0, 0.05) is 17.5 Å². The highest BCUT2D eigenvalue weighted by Crippen LogP contribution is 2.21. The molecule has 0 amide bonds. The van der Waals surface area contributed by atoms with E-state index in [2.05, 4.69) is 54.8 Å². The largest absolute Gasteiger partial charge is 0.527 e. The van der Waals surface area contributed by atoms with Gasteiger partial charge >= 0.3 is 9.76 Å². The van der Waals surface area contributed by atoms with Crippen molar-refractivity contribution in [2.75, 3.05) is 0 Å². The third-order valence-corrected chi connectivity index (χ3v) is 7.30. The molecule has 2 atom stereocenters. The second-order valence-corrected chi connectivity index (χ2v) is 10.2. The topological polar surface area (TPSA) is 47.9 Å². The molecule has 0 fully saturated rings. The second kappa shape index (κ2) is 16.0. The summed E-state index contributed by atoms with van der Waals surface area (Å²) in [6, 6.07) is 5.31. The molecule has 0 saturated heterocycles. The van der Waals surface area contributed by atoms with Crippen molar-refractivity contribution < 1.29 is 4.43 Å². The van der Waals surface area contributed by atoms with Gasteiger partial charge in [-0.3, -0.25) is 9.97 Å². The van der Waals surface area contributed by atoms with Gasteiger partial charge in [0.05, 0.1) is 18.1 Å². The lowest BCUT2D eigenvalue weighted by atomic mass is 9.95. The summed E-state index contributed by atoms with van der Waals surface area (Å²) >= 11 is 0. The SMILES string of the molecule is CCCCCCCc1ccc(-c2cncc(O[Si]CC(C)CCC(C)CCCC)n2)cn1. The molecule has 2 unspecified atom stereocenters. The zero-order valence-corrected chi connectivity index (χ0v) is 21.8. The van der Waals surface area contributed by atoms with Gasteiger partial charge in [-0.1, -0.05) is 85.5 Å². The maximum absolute atomic E-state index is 5.95. The lowest BCUT2D eigenvalue weighted by molar-refractivity contribution is 0.412. The number of pyridine rings is 1. The molecule has 2 radical (unpaired) electrons. The molecule has 0 aliphatic carbocycles. The van der Waals surface area contributed by atoms with Gasteiger partial charge in [0.2, 0.25) is 5.88 Å². The smallest absolute Gasteiger partial charge is 0.313 e. The summed E-state index contributed by atoms with van der Waals surface area (Å²) in [5, 5.41) is 0. The Labute approximate surface area is 199 Å². The molecule has 176 valence electrons. The van der Waals surface area contributed by atoms with Gasteiger partial charge < -0.3 is 4.43 Å². The third kappa shape index (κ3) is 10.7. The number of hydrogen-bond donors (Lipinski definition) is 0. The van der Waals surface area contributed by atoms with Crippen molar-refractivity contribution in [1.82, 2.24) is 15.0 Å². The predicted octanol–water partition coefficient (Wildman–Crippen LogP) is 7.71. The van der Waals surface area contributed by atoms with Gasteiger partial charge in [-0.05, 0) is 42.9 Å². The van der Waals surface area contributed by atoms with Crippen molar-refractivity contribution in [2.24, 2.45) is 11.8 Å². The molecule has 2 heterocycles. The zero-order valence-electron chi connectivity index (χ0n) is 20.8. The highest BCUT2D eigenvalue weighted by atomic mass is 28.2. The first kappa shape index (κ1) is 26.5. The number of rotatable bonds is 17. The first-order valence-electron chi connectivity index (χ1n) is 12.8. The van der Waals surface area contributed by atoms with E-state index in [4.69, 9.17) is 4.43 Å². The Morgan fingerprint density at radius 3 is 2.38 bits per heavy atom. The lowest BCUT2D eigenvalue weighted by Crippen LogP contribution is -2.09. The Kier molecular flexibility index (Phi) is 13.2. The molecule has 4 nitrogen and oxygen atoms in total. The van der Waals surface area contributed by atoms with Gasteiger partial charge in [-0.15, -0.1) is 0 Å². The quantitative estimate of drug-likeness (QED) is 0.182. The van der Waals surface area contributed by atoms with Crippen LogP contribution in [0.15, 0.2) is 30.7 Å². The molecule has 32 heavy (non-hydrogen) atoms.